The minimum Gasteiger partial charge on any atom is -0.484 e. The van der Waals surface area contributed by atoms with Gasteiger partial charge in [-0.25, -0.2) is 9.67 Å². The van der Waals surface area contributed by atoms with Gasteiger partial charge in [-0.1, -0.05) is 6.92 Å². The van der Waals surface area contributed by atoms with Crippen molar-refractivity contribution in [2.24, 2.45) is 0 Å². The number of hydrogen-bond donors (Lipinski definition) is 1. The highest BCUT2D eigenvalue weighted by Gasteiger charge is 2.07. The Hall–Kier alpha value is -2.55. The van der Waals surface area contributed by atoms with Gasteiger partial charge in [0.15, 0.2) is 5.82 Å². The van der Waals surface area contributed by atoms with Gasteiger partial charge in [0.2, 0.25) is 0 Å². The molecule has 1 heterocycles. The van der Waals surface area contributed by atoms with Crippen LogP contribution in [-0.2, 0) is 13.2 Å². The summed E-state index contributed by atoms with van der Waals surface area (Å²) in [4.78, 5) is 4.14. The molecule has 98 valence electrons. The quantitative estimate of drug-likeness (QED) is 0.824. The van der Waals surface area contributed by atoms with Crippen LogP contribution in [0.15, 0.2) is 24.5 Å². The van der Waals surface area contributed by atoms with E-state index < -0.39 is 0 Å². The highest BCUT2D eigenvalue weighted by molar-refractivity contribution is 5.53. The lowest BCUT2D eigenvalue weighted by Crippen LogP contribution is -2.09. The molecule has 0 amide bonds. The van der Waals surface area contributed by atoms with Crippen molar-refractivity contribution in [3.8, 4) is 11.8 Å². The van der Waals surface area contributed by atoms with E-state index in [-0.39, 0.29) is 6.61 Å². The number of nitrogen functional groups attached to an aromatic ring is 1. The zero-order valence-corrected chi connectivity index (χ0v) is 10.7. The van der Waals surface area contributed by atoms with Crippen LogP contribution in [-0.4, -0.2) is 14.8 Å². The monoisotopic (exact) mass is 257 g/mol. The van der Waals surface area contributed by atoms with E-state index in [0.717, 1.165) is 18.8 Å². The number of hydrogen-bond acceptors (Lipinski definition) is 5. The lowest BCUT2D eigenvalue weighted by Gasteiger charge is -2.09. The van der Waals surface area contributed by atoms with E-state index >= 15 is 0 Å². The molecule has 2 rings (SSSR count). The molecule has 2 N–H and O–H groups in total. The van der Waals surface area contributed by atoms with E-state index in [4.69, 9.17) is 15.7 Å². The first kappa shape index (κ1) is 12.9. The zero-order valence-electron chi connectivity index (χ0n) is 10.7. The van der Waals surface area contributed by atoms with Crippen LogP contribution < -0.4 is 10.5 Å². The first-order chi connectivity index (χ1) is 9.24. The summed E-state index contributed by atoms with van der Waals surface area (Å²) in [7, 11) is 0. The second-order valence-corrected chi connectivity index (χ2v) is 4.06. The third-order valence-corrected chi connectivity index (χ3v) is 2.61. The molecule has 0 unspecified atom stereocenters. The highest BCUT2D eigenvalue weighted by atomic mass is 16.5. The average molecular weight is 257 g/mol. The van der Waals surface area contributed by atoms with E-state index in [1.54, 1.807) is 22.9 Å². The van der Waals surface area contributed by atoms with Crippen LogP contribution in [0, 0.1) is 11.3 Å². The van der Waals surface area contributed by atoms with E-state index in [2.05, 4.69) is 23.1 Å². The fraction of sp³-hybridized carbons (Fsp3) is 0.308. The number of nitrogens with two attached hydrogens (primary N) is 1. The van der Waals surface area contributed by atoms with Gasteiger partial charge in [-0.15, -0.1) is 0 Å². The molecule has 6 nitrogen and oxygen atoms in total. The topological polar surface area (TPSA) is 89.8 Å². The summed E-state index contributed by atoms with van der Waals surface area (Å²) in [6.45, 7) is 3.14. The average Bonchev–Trinajstić information content (AvgIpc) is 2.85. The van der Waals surface area contributed by atoms with Crippen LogP contribution in [0.5, 0.6) is 5.75 Å². The van der Waals surface area contributed by atoms with Gasteiger partial charge in [0.25, 0.3) is 0 Å². The van der Waals surface area contributed by atoms with Crippen molar-refractivity contribution in [2.45, 2.75) is 26.5 Å². The number of ether oxygens (including phenoxy) is 1. The molecular formula is C13H15N5O. The largest absolute Gasteiger partial charge is 0.484 e. The molecule has 0 spiro atoms. The minimum atomic E-state index is 0.276. The summed E-state index contributed by atoms with van der Waals surface area (Å²) >= 11 is 0. The number of rotatable bonds is 5. The second kappa shape index (κ2) is 5.87. The molecule has 0 saturated heterocycles. The second-order valence-electron chi connectivity index (χ2n) is 4.06. The zero-order chi connectivity index (χ0) is 13.7. The third kappa shape index (κ3) is 3.01. The van der Waals surface area contributed by atoms with Crippen molar-refractivity contribution in [1.29, 1.82) is 5.26 Å². The molecular weight excluding hydrogens is 242 g/mol. The standard InChI is InChI=1S/C13H15N5O/c1-2-5-18-13(16-9-17-18)8-19-12-4-3-11(15)6-10(12)7-14/h3-4,6,9H,2,5,8,15H2,1H3. The van der Waals surface area contributed by atoms with Crippen molar-refractivity contribution in [3.05, 3.63) is 35.9 Å². The minimum absolute atomic E-state index is 0.276. The molecule has 0 bridgehead atoms. The lowest BCUT2D eigenvalue weighted by molar-refractivity contribution is 0.285. The summed E-state index contributed by atoms with van der Waals surface area (Å²) in [5.74, 6) is 1.24. The molecule has 0 saturated carbocycles. The summed E-state index contributed by atoms with van der Waals surface area (Å²) in [6, 6.07) is 7.04. The van der Waals surface area contributed by atoms with Crippen LogP contribution in [0.4, 0.5) is 5.69 Å². The van der Waals surface area contributed by atoms with Gasteiger partial charge in [-0.05, 0) is 24.6 Å². The maximum absolute atomic E-state index is 9.02. The molecule has 0 fully saturated rings. The number of aryl methyl sites for hydroxylation is 1. The van der Waals surface area contributed by atoms with E-state index in [1.807, 2.05) is 0 Å². The maximum Gasteiger partial charge on any atom is 0.164 e. The Morgan fingerprint density at radius 1 is 1.47 bits per heavy atom. The number of nitriles is 1. The number of aromatic nitrogens is 3. The van der Waals surface area contributed by atoms with Crippen LogP contribution >= 0.6 is 0 Å². The van der Waals surface area contributed by atoms with Crippen LogP contribution in [0.2, 0.25) is 0 Å². The Morgan fingerprint density at radius 2 is 2.32 bits per heavy atom. The van der Waals surface area contributed by atoms with Gasteiger partial charge in [0, 0.05) is 12.2 Å². The van der Waals surface area contributed by atoms with E-state index in [1.165, 1.54) is 6.33 Å². The van der Waals surface area contributed by atoms with E-state index in [9.17, 15) is 0 Å². The van der Waals surface area contributed by atoms with Crippen molar-refractivity contribution in [2.75, 3.05) is 5.73 Å². The lowest BCUT2D eigenvalue weighted by atomic mass is 10.2. The fourth-order valence-corrected chi connectivity index (χ4v) is 1.70. The summed E-state index contributed by atoms with van der Waals surface area (Å²) < 4.78 is 7.41. The first-order valence-corrected chi connectivity index (χ1v) is 6.03. The smallest absolute Gasteiger partial charge is 0.164 e. The summed E-state index contributed by atoms with van der Waals surface area (Å²) in [6.07, 6.45) is 2.48. The third-order valence-electron chi connectivity index (χ3n) is 2.61. The van der Waals surface area contributed by atoms with Gasteiger partial charge >= 0.3 is 0 Å². The van der Waals surface area contributed by atoms with Crippen LogP contribution in [0.25, 0.3) is 0 Å². The van der Waals surface area contributed by atoms with Crippen molar-refractivity contribution in [1.82, 2.24) is 14.8 Å². The molecule has 6 heteroatoms. The Morgan fingerprint density at radius 3 is 3.05 bits per heavy atom. The molecule has 0 atom stereocenters. The molecule has 19 heavy (non-hydrogen) atoms. The van der Waals surface area contributed by atoms with E-state index in [0.29, 0.717) is 17.0 Å². The molecule has 0 aliphatic rings. The molecule has 1 aromatic carbocycles. The predicted octanol–water partition coefficient (Wildman–Crippen LogP) is 1.72. The van der Waals surface area contributed by atoms with Gasteiger partial charge in [0.05, 0.1) is 5.56 Å². The Balaban J connectivity index is 2.10. The number of anilines is 1. The SMILES string of the molecule is CCCn1ncnc1COc1ccc(N)cc1C#N. The Bertz CT molecular complexity index is 599. The van der Waals surface area contributed by atoms with Gasteiger partial charge < -0.3 is 10.5 Å². The fourth-order valence-electron chi connectivity index (χ4n) is 1.70. The molecule has 0 aliphatic carbocycles. The van der Waals surface area contributed by atoms with Crippen LogP contribution in [0.1, 0.15) is 24.7 Å². The summed E-state index contributed by atoms with van der Waals surface area (Å²) in [5.41, 5.74) is 6.58. The molecule has 1 aromatic heterocycles. The van der Waals surface area contributed by atoms with Crippen LogP contribution in [0.3, 0.4) is 0 Å². The van der Waals surface area contributed by atoms with Crippen molar-refractivity contribution < 1.29 is 4.74 Å². The summed E-state index contributed by atoms with van der Waals surface area (Å²) in [5, 5.41) is 13.1. The normalized spacial score (nSPS) is 10.1. The van der Waals surface area contributed by atoms with Gasteiger partial charge in [-0.2, -0.15) is 10.4 Å². The number of nitrogens with zero attached hydrogens (tertiary/aromatic N) is 4. The van der Waals surface area contributed by atoms with Gasteiger partial charge in [-0.3, -0.25) is 0 Å². The van der Waals surface area contributed by atoms with Crippen molar-refractivity contribution in [3.63, 3.8) is 0 Å². The van der Waals surface area contributed by atoms with Gasteiger partial charge in [0.1, 0.15) is 24.8 Å². The van der Waals surface area contributed by atoms with Crippen molar-refractivity contribution >= 4 is 5.69 Å². The molecule has 0 aliphatic heterocycles. The molecule has 2 aromatic rings. The molecule has 0 radical (unpaired) electrons. The Labute approximate surface area is 111 Å². The predicted molar refractivity (Wildman–Crippen MR) is 70.2 cm³/mol. The maximum atomic E-state index is 9.02. The number of benzene rings is 1. The first-order valence-electron chi connectivity index (χ1n) is 6.03. The Kier molecular flexibility index (Phi) is 3.98. The highest BCUT2D eigenvalue weighted by Crippen LogP contribution is 2.21.